The Balaban J connectivity index is 1.80. The van der Waals surface area contributed by atoms with Crippen LogP contribution in [0.2, 0.25) is 5.02 Å². The second kappa shape index (κ2) is 9.30. The van der Waals surface area contributed by atoms with Crippen LogP contribution in [0.25, 0.3) is 6.08 Å². The molecule has 0 aromatic heterocycles. The average molecular weight is 449 g/mol. The third-order valence-corrected chi connectivity index (χ3v) is 5.58. The SMILES string of the molecule is COc1ccc(/C=C2\SC(=S)N(CC(=O)[O-])C2=O)cc1OCc1ccc(Cl)cc1. The molecule has 6 nitrogen and oxygen atoms in total. The van der Waals surface area contributed by atoms with Gasteiger partial charge in [-0.2, -0.15) is 0 Å². The number of halogens is 1. The molecule has 0 radical (unpaired) electrons. The van der Waals surface area contributed by atoms with Gasteiger partial charge in [-0.3, -0.25) is 9.69 Å². The molecular formula is C20H15ClNO5S2-. The summed E-state index contributed by atoms with van der Waals surface area (Å²) in [6.45, 7) is -0.259. The highest BCUT2D eigenvalue weighted by molar-refractivity contribution is 8.26. The Bertz CT molecular complexity index is 991. The lowest BCUT2D eigenvalue weighted by Crippen LogP contribution is -2.40. The number of amides is 1. The van der Waals surface area contributed by atoms with Crippen molar-refractivity contribution in [2.75, 3.05) is 13.7 Å². The number of ether oxygens (including phenoxy) is 2. The van der Waals surface area contributed by atoms with Gasteiger partial charge in [0.2, 0.25) is 0 Å². The van der Waals surface area contributed by atoms with E-state index in [1.807, 2.05) is 12.1 Å². The van der Waals surface area contributed by atoms with Gasteiger partial charge in [0.15, 0.2) is 11.5 Å². The molecule has 0 unspecified atom stereocenters. The summed E-state index contributed by atoms with van der Waals surface area (Å²) in [4.78, 5) is 24.5. The molecule has 1 fully saturated rings. The normalized spacial score (nSPS) is 15.1. The first kappa shape index (κ1) is 21.2. The van der Waals surface area contributed by atoms with Crippen LogP contribution >= 0.6 is 35.6 Å². The maximum Gasteiger partial charge on any atom is 0.266 e. The van der Waals surface area contributed by atoms with E-state index in [0.717, 1.165) is 22.2 Å². The largest absolute Gasteiger partial charge is 0.548 e. The molecule has 0 bridgehead atoms. The predicted molar refractivity (Wildman–Crippen MR) is 114 cm³/mol. The first-order valence-corrected chi connectivity index (χ1v) is 9.98. The Morgan fingerprint density at radius 1 is 1.24 bits per heavy atom. The first-order valence-electron chi connectivity index (χ1n) is 8.38. The standard InChI is InChI=1S/C20H16ClNO5S2/c1-26-15-7-4-13(8-16(15)27-11-12-2-5-14(21)6-3-12)9-17-19(25)22(10-18(23)24)20(28)29-17/h2-9H,10-11H2,1H3,(H,23,24)/p-1/b17-9-. The molecule has 1 heterocycles. The van der Waals surface area contributed by atoms with Crippen molar-refractivity contribution in [1.29, 1.82) is 0 Å². The fourth-order valence-corrected chi connectivity index (χ4v) is 3.94. The maximum absolute atomic E-state index is 12.4. The molecule has 0 atom stereocenters. The summed E-state index contributed by atoms with van der Waals surface area (Å²) >= 11 is 12.0. The number of rotatable bonds is 7. The number of carbonyl (C=O) groups excluding carboxylic acids is 2. The van der Waals surface area contributed by atoms with Crippen LogP contribution in [0.5, 0.6) is 11.5 Å². The number of hydrogen-bond donors (Lipinski definition) is 0. The zero-order valence-electron chi connectivity index (χ0n) is 15.2. The van der Waals surface area contributed by atoms with Crippen molar-refractivity contribution >= 4 is 57.9 Å². The lowest BCUT2D eigenvalue weighted by molar-refractivity contribution is -0.305. The summed E-state index contributed by atoms with van der Waals surface area (Å²) in [5.41, 5.74) is 1.62. The Labute approximate surface area is 182 Å². The minimum atomic E-state index is -1.37. The van der Waals surface area contributed by atoms with Crippen LogP contribution in [-0.2, 0) is 16.2 Å². The van der Waals surface area contributed by atoms with Crippen molar-refractivity contribution in [3.8, 4) is 11.5 Å². The third-order valence-electron chi connectivity index (χ3n) is 3.95. The number of aliphatic carboxylic acids is 1. The molecular weight excluding hydrogens is 434 g/mol. The van der Waals surface area contributed by atoms with Crippen LogP contribution in [0.3, 0.4) is 0 Å². The van der Waals surface area contributed by atoms with Gasteiger partial charge < -0.3 is 19.4 Å². The molecule has 150 valence electrons. The van der Waals surface area contributed by atoms with Gasteiger partial charge in [0.25, 0.3) is 5.91 Å². The number of thioether (sulfide) groups is 1. The van der Waals surface area contributed by atoms with E-state index in [1.54, 1.807) is 36.4 Å². The number of benzene rings is 2. The molecule has 0 aliphatic carbocycles. The Morgan fingerprint density at radius 2 is 1.97 bits per heavy atom. The van der Waals surface area contributed by atoms with E-state index in [1.165, 1.54) is 7.11 Å². The fourth-order valence-electron chi connectivity index (χ4n) is 2.55. The molecule has 2 aromatic carbocycles. The van der Waals surface area contributed by atoms with Crippen LogP contribution < -0.4 is 14.6 Å². The molecule has 1 aliphatic rings. The quantitative estimate of drug-likeness (QED) is 0.476. The van der Waals surface area contributed by atoms with Gasteiger partial charge in [0, 0.05) is 5.02 Å². The predicted octanol–water partition coefficient (Wildman–Crippen LogP) is 2.88. The topological polar surface area (TPSA) is 78.9 Å². The van der Waals surface area contributed by atoms with E-state index in [2.05, 4.69) is 0 Å². The van der Waals surface area contributed by atoms with Crippen LogP contribution in [0.1, 0.15) is 11.1 Å². The molecule has 0 spiro atoms. The Kier molecular flexibility index (Phi) is 6.79. The van der Waals surface area contributed by atoms with E-state index in [9.17, 15) is 14.7 Å². The third kappa shape index (κ3) is 5.29. The van der Waals surface area contributed by atoms with Gasteiger partial charge >= 0.3 is 0 Å². The number of carbonyl (C=O) groups is 2. The Morgan fingerprint density at radius 3 is 2.62 bits per heavy atom. The minimum Gasteiger partial charge on any atom is -0.548 e. The summed E-state index contributed by atoms with van der Waals surface area (Å²) < 4.78 is 11.4. The fraction of sp³-hybridized carbons (Fsp3) is 0.150. The van der Waals surface area contributed by atoms with Gasteiger partial charge in [-0.05, 0) is 41.5 Å². The average Bonchev–Trinajstić information content (AvgIpc) is 2.94. The maximum atomic E-state index is 12.4. The van der Waals surface area contributed by atoms with Gasteiger partial charge in [-0.1, -0.05) is 53.8 Å². The minimum absolute atomic E-state index is 0.179. The lowest BCUT2D eigenvalue weighted by atomic mass is 10.1. The highest BCUT2D eigenvalue weighted by Gasteiger charge is 2.31. The van der Waals surface area contributed by atoms with Crippen molar-refractivity contribution in [1.82, 2.24) is 4.90 Å². The van der Waals surface area contributed by atoms with E-state index in [-0.39, 0.29) is 4.32 Å². The summed E-state index contributed by atoms with van der Waals surface area (Å²) in [6.07, 6.45) is 1.63. The molecule has 29 heavy (non-hydrogen) atoms. The van der Waals surface area contributed by atoms with Crippen molar-refractivity contribution in [3.63, 3.8) is 0 Å². The summed E-state index contributed by atoms with van der Waals surface area (Å²) in [7, 11) is 1.54. The van der Waals surface area contributed by atoms with Crippen LogP contribution in [0.15, 0.2) is 47.4 Å². The first-order chi connectivity index (χ1) is 13.9. The van der Waals surface area contributed by atoms with Gasteiger partial charge in [0.05, 0.1) is 24.5 Å². The molecule has 1 aliphatic heterocycles. The smallest absolute Gasteiger partial charge is 0.266 e. The summed E-state index contributed by atoms with van der Waals surface area (Å²) in [6, 6.07) is 12.5. The van der Waals surface area contributed by atoms with Crippen molar-refractivity contribution in [2.45, 2.75) is 6.61 Å². The summed E-state index contributed by atoms with van der Waals surface area (Å²) in [5, 5.41) is 11.4. The van der Waals surface area contributed by atoms with Crippen LogP contribution in [0, 0.1) is 0 Å². The summed E-state index contributed by atoms with van der Waals surface area (Å²) in [5.74, 6) is -0.796. The number of methoxy groups -OCH3 is 1. The molecule has 0 saturated carbocycles. The van der Waals surface area contributed by atoms with E-state index in [0.29, 0.717) is 33.6 Å². The zero-order chi connectivity index (χ0) is 21.0. The van der Waals surface area contributed by atoms with Gasteiger partial charge in [0.1, 0.15) is 10.9 Å². The van der Waals surface area contributed by atoms with Crippen LogP contribution in [0.4, 0.5) is 0 Å². The number of carboxylic acids is 1. The molecule has 3 rings (SSSR count). The molecule has 0 N–H and O–H groups in total. The Hall–Kier alpha value is -2.55. The highest BCUT2D eigenvalue weighted by atomic mass is 35.5. The van der Waals surface area contributed by atoms with E-state index < -0.39 is 18.4 Å². The number of carboxylic acid groups (broad SMARTS) is 1. The van der Waals surface area contributed by atoms with Crippen molar-refractivity contribution in [3.05, 3.63) is 63.5 Å². The molecule has 1 amide bonds. The molecule has 2 aromatic rings. The second-order valence-electron chi connectivity index (χ2n) is 5.97. The van der Waals surface area contributed by atoms with Gasteiger partial charge in [-0.15, -0.1) is 0 Å². The van der Waals surface area contributed by atoms with E-state index in [4.69, 9.17) is 33.3 Å². The zero-order valence-corrected chi connectivity index (χ0v) is 17.6. The van der Waals surface area contributed by atoms with E-state index >= 15 is 0 Å². The van der Waals surface area contributed by atoms with Crippen molar-refractivity contribution < 1.29 is 24.2 Å². The van der Waals surface area contributed by atoms with Crippen molar-refractivity contribution in [2.24, 2.45) is 0 Å². The number of hydrogen-bond acceptors (Lipinski definition) is 7. The second-order valence-corrected chi connectivity index (χ2v) is 8.08. The highest BCUT2D eigenvalue weighted by Crippen LogP contribution is 2.34. The number of nitrogens with zero attached hydrogens (tertiary/aromatic N) is 1. The molecule has 9 heteroatoms. The van der Waals surface area contributed by atoms with Gasteiger partial charge in [-0.25, -0.2) is 0 Å². The monoisotopic (exact) mass is 448 g/mol. The number of thiocarbonyl (C=S) groups is 1. The van der Waals surface area contributed by atoms with Crippen LogP contribution in [-0.4, -0.2) is 34.8 Å². The molecule has 1 saturated heterocycles. The lowest BCUT2D eigenvalue weighted by Gasteiger charge is -2.14.